The fourth-order valence-corrected chi connectivity index (χ4v) is 1.70. The van der Waals surface area contributed by atoms with Gasteiger partial charge in [-0.3, -0.25) is 4.79 Å². The van der Waals surface area contributed by atoms with Crippen molar-refractivity contribution < 1.29 is 10.0 Å². The molecule has 0 rings (SSSR count). The van der Waals surface area contributed by atoms with E-state index in [4.69, 9.17) is 10.9 Å². The van der Waals surface area contributed by atoms with Crippen LogP contribution in [0.1, 0.15) is 52.9 Å². The van der Waals surface area contributed by atoms with Crippen LogP contribution in [0, 0.1) is 5.92 Å². The highest BCUT2D eigenvalue weighted by Crippen LogP contribution is 2.08. The van der Waals surface area contributed by atoms with Gasteiger partial charge in [0.15, 0.2) is 5.84 Å². The van der Waals surface area contributed by atoms with Gasteiger partial charge in [-0.05, 0) is 19.8 Å². The Balaban J connectivity index is 4.32. The fraction of sp³-hybridized carbons (Fsp3) is 0.833. The summed E-state index contributed by atoms with van der Waals surface area (Å²) in [6.07, 6.45) is 4.57. The lowest BCUT2D eigenvalue weighted by atomic mass is 10.0. The van der Waals surface area contributed by atoms with E-state index in [1.165, 1.54) is 0 Å². The summed E-state index contributed by atoms with van der Waals surface area (Å²) in [6.45, 7) is 6.05. The Hall–Kier alpha value is -1.26. The number of unbranched alkanes of at least 4 members (excludes halogenated alkanes) is 1. The van der Waals surface area contributed by atoms with E-state index in [2.05, 4.69) is 17.4 Å². The Morgan fingerprint density at radius 3 is 2.47 bits per heavy atom. The Morgan fingerprint density at radius 2 is 2.00 bits per heavy atom. The van der Waals surface area contributed by atoms with Crippen molar-refractivity contribution in [2.75, 3.05) is 0 Å². The first-order chi connectivity index (χ1) is 8.06. The number of nitrogens with one attached hydrogen (secondary N) is 1. The van der Waals surface area contributed by atoms with Crippen LogP contribution in [0.5, 0.6) is 0 Å². The predicted molar refractivity (Wildman–Crippen MR) is 68.9 cm³/mol. The maximum atomic E-state index is 11.9. The normalized spacial score (nSPS) is 15.4. The largest absolute Gasteiger partial charge is 0.409 e. The highest BCUT2D eigenvalue weighted by Gasteiger charge is 2.23. The molecule has 1 amide bonds. The Bertz CT molecular complexity index is 254. The molecule has 0 aliphatic heterocycles. The molecule has 0 aliphatic carbocycles. The number of carbonyl (C=O) groups is 1. The number of rotatable bonds is 8. The standard InChI is InChI=1S/C12H25N3O2/c1-4-6-8-9(3)14-12(16)10(7-5-2)11(13)15-17/h9-10,17H,4-8H2,1-3H3,(H2,13,15)(H,14,16). The van der Waals surface area contributed by atoms with Crippen molar-refractivity contribution in [3.63, 3.8) is 0 Å². The second kappa shape index (κ2) is 8.84. The third-order valence-corrected chi connectivity index (χ3v) is 2.75. The first kappa shape index (κ1) is 15.7. The van der Waals surface area contributed by atoms with E-state index in [0.717, 1.165) is 25.7 Å². The van der Waals surface area contributed by atoms with Crippen LogP contribution in [0.2, 0.25) is 0 Å². The van der Waals surface area contributed by atoms with Crippen LogP contribution in [0.25, 0.3) is 0 Å². The van der Waals surface area contributed by atoms with E-state index in [1.807, 2.05) is 13.8 Å². The van der Waals surface area contributed by atoms with Gasteiger partial charge in [-0.25, -0.2) is 0 Å². The lowest BCUT2D eigenvalue weighted by molar-refractivity contribution is -0.123. The van der Waals surface area contributed by atoms with Crippen molar-refractivity contribution in [1.29, 1.82) is 0 Å². The number of nitrogens with zero attached hydrogens (tertiary/aromatic N) is 1. The van der Waals surface area contributed by atoms with Gasteiger partial charge in [0.2, 0.25) is 5.91 Å². The van der Waals surface area contributed by atoms with Crippen LogP contribution in [-0.2, 0) is 4.79 Å². The molecule has 0 fully saturated rings. The van der Waals surface area contributed by atoms with Gasteiger partial charge in [-0.15, -0.1) is 0 Å². The summed E-state index contributed by atoms with van der Waals surface area (Å²) in [5.74, 6) is -0.674. The smallest absolute Gasteiger partial charge is 0.231 e. The number of amidine groups is 1. The first-order valence-corrected chi connectivity index (χ1v) is 6.34. The van der Waals surface area contributed by atoms with Crippen LogP contribution < -0.4 is 11.1 Å². The molecule has 2 atom stereocenters. The quantitative estimate of drug-likeness (QED) is 0.263. The fourth-order valence-electron chi connectivity index (χ4n) is 1.70. The Labute approximate surface area is 103 Å². The minimum atomic E-state index is -0.519. The zero-order chi connectivity index (χ0) is 13.3. The van der Waals surface area contributed by atoms with Crippen LogP contribution in [0.3, 0.4) is 0 Å². The van der Waals surface area contributed by atoms with Crippen molar-refractivity contribution in [2.24, 2.45) is 16.8 Å². The number of oxime groups is 1. The molecule has 0 heterocycles. The molecule has 0 aromatic heterocycles. The predicted octanol–water partition coefficient (Wildman–Crippen LogP) is 1.84. The molecule has 17 heavy (non-hydrogen) atoms. The summed E-state index contributed by atoms with van der Waals surface area (Å²) in [4.78, 5) is 11.9. The molecule has 4 N–H and O–H groups in total. The lowest BCUT2D eigenvalue weighted by Gasteiger charge is -2.18. The van der Waals surface area contributed by atoms with E-state index in [-0.39, 0.29) is 17.8 Å². The molecule has 100 valence electrons. The highest BCUT2D eigenvalue weighted by atomic mass is 16.4. The third-order valence-electron chi connectivity index (χ3n) is 2.75. The molecule has 0 aromatic rings. The van der Waals surface area contributed by atoms with Crippen molar-refractivity contribution in [2.45, 2.75) is 58.9 Å². The molecule has 0 saturated carbocycles. The van der Waals surface area contributed by atoms with Crippen molar-refractivity contribution in [3.8, 4) is 0 Å². The van der Waals surface area contributed by atoms with Crippen molar-refractivity contribution in [3.05, 3.63) is 0 Å². The molecular weight excluding hydrogens is 218 g/mol. The van der Waals surface area contributed by atoms with Crippen LogP contribution >= 0.6 is 0 Å². The highest BCUT2D eigenvalue weighted by molar-refractivity contribution is 6.02. The van der Waals surface area contributed by atoms with Gasteiger partial charge in [-0.1, -0.05) is 38.3 Å². The van der Waals surface area contributed by atoms with Crippen molar-refractivity contribution in [1.82, 2.24) is 5.32 Å². The summed E-state index contributed by atoms with van der Waals surface area (Å²) < 4.78 is 0. The van der Waals surface area contributed by atoms with Gasteiger partial charge >= 0.3 is 0 Å². The molecule has 0 aromatic carbocycles. The van der Waals surface area contributed by atoms with Gasteiger partial charge in [-0.2, -0.15) is 0 Å². The van der Waals surface area contributed by atoms with Gasteiger partial charge in [0.1, 0.15) is 0 Å². The molecule has 0 saturated heterocycles. The Kier molecular flexibility index (Phi) is 8.19. The molecule has 0 spiro atoms. The zero-order valence-electron chi connectivity index (χ0n) is 11.1. The molecule has 0 aliphatic rings. The molecule has 0 bridgehead atoms. The van der Waals surface area contributed by atoms with Crippen LogP contribution in [0.4, 0.5) is 0 Å². The molecule has 5 nitrogen and oxygen atoms in total. The van der Waals surface area contributed by atoms with E-state index >= 15 is 0 Å². The maximum Gasteiger partial charge on any atom is 0.231 e. The number of hydrogen-bond acceptors (Lipinski definition) is 3. The minimum absolute atomic E-state index is 0.00737. The topological polar surface area (TPSA) is 87.7 Å². The zero-order valence-corrected chi connectivity index (χ0v) is 11.1. The monoisotopic (exact) mass is 243 g/mol. The SMILES string of the molecule is CCCCC(C)NC(=O)C(CCC)C(N)=NO. The van der Waals surface area contributed by atoms with Gasteiger partial charge < -0.3 is 16.3 Å². The summed E-state index contributed by atoms with van der Waals surface area (Å²) >= 11 is 0. The van der Waals surface area contributed by atoms with E-state index in [9.17, 15) is 4.79 Å². The number of nitrogens with two attached hydrogens (primary N) is 1. The average Bonchev–Trinajstić information content (AvgIpc) is 2.32. The van der Waals surface area contributed by atoms with E-state index in [0.29, 0.717) is 6.42 Å². The summed E-state index contributed by atoms with van der Waals surface area (Å²) in [7, 11) is 0. The Morgan fingerprint density at radius 1 is 1.35 bits per heavy atom. The molecular formula is C12H25N3O2. The minimum Gasteiger partial charge on any atom is -0.409 e. The number of amides is 1. The van der Waals surface area contributed by atoms with E-state index in [1.54, 1.807) is 0 Å². The van der Waals surface area contributed by atoms with Crippen molar-refractivity contribution >= 4 is 11.7 Å². The second-order valence-corrected chi connectivity index (χ2v) is 4.42. The number of carbonyl (C=O) groups excluding carboxylic acids is 1. The van der Waals surface area contributed by atoms with Crippen LogP contribution in [0.15, 0.2) is 5.16 Å². The van der Waals surface area contributed by atoms with Gasteiger partial charge in [0.05, 0.1) is 5.92 Å². The molecule has 5 heteroatoms. The first-order valence-electron chi connectivity index (χ1n) is 6.34. The summed E-state index contributed by atoms with van der Waals surface area (Å²) in [6, 6.07) is 0.133. The second-order valence-electron chi connectivity index (χ2n) is 4.42. The van der Waals surface area contributed by atoms with Gasteiger partial charge in [0, 0.05) is 6.04 Å². The molecule has 0 radical (unpaired) electrons. The maximum absolute atomic E-state index is 11.9. The van der Waals surface area contributed by atoms with E-state index < -0.39 is 5.92 Å². The number of hydrogen-bond donors (Lipinski definition) is 3. The van der Waals surface area contributed by atoms with Crippen LogP contribution in [-0.4, -0.2) is 23.0 Å². The molecule has 2 unspecified atom stereocenters. The summed E-state index contributed by atoms with van der Waals surface area (Å²) in [5.41, 5.74) is 5.52. The summed E-state index contributed by atoms with van der Waals surface area (Å²) in [5, 5.41) is 14.5. The third kappa shape index (κ3) is 6.14. The van der Waals surface area contributed by atoms with Gasteiger partial charge in [0.25, 0.3) is 0 Å². The average molecular weight is 243 g/mol. The lowest BCUT2D eigenvalue weighted by Crippen LogP contribution is -2.42.